The molecule has 1 atom stereocenters. The molecule has 4 heterocycles. The van der Waals surface area contributed by atoms with E-state index in [9.17, 15) is 8.42 Å². The molecule has 0 amide bonds. The molecule has 0 N–H and O–H groups in total. The van der Waals surface area contributed by atoms with Gasteiger partial charge in [0.05, 0.1) is 17.5 Å². The maximum atomic E-state index is 13.3. The first-order valence-electron chi connectivity index (χ1n) is 8.72. The van der Waals surface area contributed by atoms with Crippen molar-refractivity contribution in [2.45, 2.75) is 30.2 Å². The summed E-state index contributed by atoms with van der Waals surface area (Å²) in [5.74, 6) is 1.46. The van der Waals surface area contributed by atoms with Crippen LogP contribution in [0.4, 0.5) is 0 Å². The van der Waals surface area contributed by atoms with Gasteiger partial charge in [0.1, 0.15) is 5.75 Å². The molecule has 1 unspecified atom stereocenters. The number of nitrogens with zero attached hydrogens (tertiary/aromatic N) is 4. The molecular formula is C18H18N4O3S. The Hall–Kier alpha value is -2.45. The maximum absolute atomic E-state index is 13.3. The molecule has 134 valence electrons. The highest BCUT2D eigenvalue weighted by atomic mass is 32.2. The van der Waals surface area contributed by atoms with Gasteiger partial charge in [-0.05, 0) is 48.7 Å². The fraction of sp³-hybridized carbons (Fsp3) is 0.333. The molecular weight excluding hydrogens is 352 g/mol. The Balaban J connectivity index is 1.56. The maximum Gasteiger partial charge on any atom is 0.243 e. The van der Waals surface area contributed by atoms with Crippen LogP contribution in [0, 0.1) is 0 Å². The molecule has 2 aliphatic heterocycles. The third-order valence-corrected chi connectivity index (χ3v) is 7.01. The first-order valence-corrected chi connectivity index (χ1v) is 10.2. The Morgan fingerprint density at radius 2 is 2.08 bits per heavy atom. The summed E-state index contributed by atoms with van der Waals surface area (Å²) in [6, 6.07) is 10.5. The molecule has 0 radical (unpaired) electrons. The number of rotatable bonds is 3. The van der Waals surface area contributed by atoms with Gasteiger partial charge in [0, 0.05) is 19.2 Å². The summed E-state index contributed by atoms with van der Waals surface area (Å²) in [6.07, 6.45) is 4.17. The summed E-state index contributed by atoms with van der Waals surface area (Å²) in [5, 5.41) is 8.45. The van der Waals surface area contributed by atoms with Gasteiger partial charge in [0.2, 0.25) is 10.0 Å². The second-order valence-electron chi connectivity index (χ2n) is 6.63. The van der Waals surface area contributed by atoms with E-state index in [0.29, 0.717) is 23.9 Å². The number of aromatic nitrogens is 3. The van der Waals surface area contributed by atoms with E-state index in [4.69, 9.17) is 4.74 Å². The van der Waals surface area contributed by atoms with E-state index in [1.165, 1.54) is 0 Å². The number of pyridine rings is 1. The minimum Gasteiger partial charge on any atom is -0.493 e. The van der Waals surface area contributed by atoms with E-state index in [1.54, 1.807) is 22.5 Å². The quantitative estimate of drug-likeness (QED) is 0.706. The highest BCUT2D eigenvalue weighted by Gasteiger charge is 2.39. The normalized spacial score (nSPS) is 20.4. The lowest BCUT2D eigenvalue weighted by atomic mass is 10.2. The number of sulfonamides is 1. The molecule has 3 aromatic rings. The van der Waals surface area contributed by atoms with Crippen molar-refractivity contribution in [1.82, 2.24) is 18.9 Å². The minimum atomic E-state index is -3.61. The zero-order valence-electron chi connectivity index (χ0n) is 14.1. The SMILES string of the molecule is O=S(=O)(c1ccc2c(c1)CCO2)N1CCCC1c1nnc2ccccn12. The monoisotopic (exact) mass is 370 g/mol. The Kier molecular flexibility index (Phi) is 3.51. The van der Waals surface area contributed by atoms with Crippen LogP contribution >= 0.6 is 0 Å². The van der Waals surface area contributed by atoms with Crippen molar-refractivity contribution in [2.24, 2.45) is 0 Å². The zero-order chi connectivity index (χ0) is 17.7. The van der Waals surface area contributed by atoms with Crippen molar-refractivity contribution in [3.63, 3.8) is 0 Å². The number of fused-ring (bicyclic) bond motifs is 2. The lowest BCUT2D eigenvalue weighted by Gasteiger charge is -2.23. The van der Waals surface area contributed by atoms with Crippen molar-refractivity contribution in [3.8, 4) is 5.75 Å². The van der Waals surface area contributed by atoms with Crippen LogP contribution in [0.3, 0.4) is 0 Å². The standard InChI is InChI=1S/C18H18N4O3S/c23-26(24,14-6-7-16-13(12-14)8-11-25-16)22-10-3-4-15(22)18-20-19-17-5-1-2-9-21(17)18/h1-2,5-7,9,12,15H,3-4,8,10-11H2. The molecule has 8 heteroatoms. The summed E-state index contributed by atoms with van der Waals surface area (Å²) in [4.78, 5) is 0.322. The van der Waals surface area contributed by atoms with Gasteiger partial charge >= 0.3 is 0 Å². The minimum absolute atomic E-state index is 0.304. The summed E-state index contributed by atoms with van der Waals surface area (Å²) < 4.78 is 35.5. The van der Waals surface area contributed by atoms with Gasteiger partial charge in [-0.25, -0.2) is 8.42 Å². The molecule has 0 bridgehead atoms. The van der Waals surface area contributed by atoms with E-state index >= 15 is 0 Å². The number of hydrogen-bond acceptors (Lipinski definition) is 5. The van der Waals surface area contributed by atoms with E-state index in [1.807, 2.05) is 28.8 Å². The van der Waals surface area contributed by atoms with Gasteiger partial charge in [-0.15, -0.1) is 10.2 Å². The average molecular weight is 370 g/mol. The second-order valence-corrected chi connectivity index (χ2v) is 8.52. The fourth-order valence-electron chi connectivity index (χ4n) is 3.83. The highest BCUT2D eigenvalue weighted by Crippen LogP contribution is 2.37. The fourth-order valence-corrected chi connectivity index (χ4v) is 5.54. The zero-order valence-corrected chi connectivity index (χ0v) is 14.9. The van der Waals surface area contributed by atoms with E-state index < -0.39 is 10.0 Å². The van der Waals surface area contributed by atoms with Crippen LogP contribution < -0.4 is 4.74 Å². The molecule has 1 aromatic carbocycles. The average Bonchev–Trinajstić information content (AvgIpc) is 3.38. The Labute approximate surface area is 151 Å². The van der Waals surface area contributed by atoms with Crippen LogP contribution in [0.5, 0.6) is 5.75 Å². The molecule has 26 heavy (non-hydrogen) atoms. The molecule has 1 saturated heterocycles. The van der Waals surface area contributed by atoms with Gasteiger partial charge in [-0.1, -0.05) is 6.07 Å². The first kappa shape index (κ1) is 15.8. The third kappa shape index (κ3) is 2.33. The van der Waals surface area contributed by atoms with Crippen LogP contribution in [0.25, 0.3) is 5.65 Å². The molecule has 2 aliphatic rings. The van der Waals surface area contributed by atoms with Crippen LogP contribution in [0.1, 0.15) is 30.3 Å². The second kappa shape index (κ2) is 5.78. The van der Waals surface area contributed by atoms with Gasteiger partial charge in [0.15, 0.2) is 11.5 Å². The molecule has 0 aliphatic carbocycles. The Bertz CT molecular complexity index is 1090. The topological polar surface area (TPSA) is 76.8 Å². The van der Waals surface area contributed by atoms with Crippen LogP contribution in [0.2, 0.25) is 0 Å². The summed E-state index contributed by atoms with van der Waals surface area (Å²) in [5.41, 5.74) is 1.68. The molecule has 0 saturated carbocycles. The van der Waals surface area contributed by atoms with Gasteiger partial charge in [-0.2, -0.15) is 4.31 Å². The van der Waals surface area contributed by atoms with Crippen LogP contribution in [-0.4, -0.2) is 40.5 Å². The van der Waals surface area contributed by atoms with E-state index in [0.717, 1.165) is 36.2 Å². The van der Waals surface area contributed by atoms with Crippen molar-refractivity contribution in [3.05, 3.63) is 54.0 Å². The van der Waals surface area contributed by atoms with Gasteiger partial charge in [0.25, 0.3) is 0 Å². The molecule has 5 rings (SSSR count). The van der Waals surface area contributed by atoms with Gasteiger partial charge in [-0.3, -0.25) is 4.40 Å². The molecule has 2 aromatic heterocycles. The highest BCUT2D eigenvalue weighted by molar-refractivity contribution is 7.89. The predicted molar refractivity (Wildman–Crippen MR) is 94.5 cm³/mol. The third-order valence-electron chi connectivity index (χ3n) is 5.11. The Morgan fingerprint density at radius 3 is 3.00 bits per heavy atom. The largest absolute Gasteiger partial charge is 0.493 e. The lowest BCUT2D eigenvalue weighted by Crippen LogP contribution is -2.31. The molecule has 0 spiro atoms. The van der Waals surface area contributed by atoms with Crippen molar-refractivity contribution in [1.29, 1.82) is 0 Å². The molecule has 1 fully saturated rings. The van der Waals surface area contributed by atoms with E-state index in [2.05, 4.69) is 10.2 Å². The van der Waals surface area contributed by atoms with E-state index in [-0.39, 0.29) is 6.04 Å². The first-order chi connectivity index (χ1) is 12.6. The van der Waals surface area contributed by atoms with Crippen molar-refractivity contribution in [2.75, 3.05) is 13.2 Å². The number of benzene rings is 1. The van der Waals surface area contributed by atoms with Crippen LogP contribution in [-0.2, 0) is 16.4 Å². The number of hydrogen-bond donors (Lipinski definition) is 0. The van der Waals surface area contributed by atoms with Crippen LogP contribution in [0.15, 0.2) is 47.5 Å². The summed E-state index contributed by atoms with van der Waals surface area (Å²) in [7, 11) is -3.61. The molecule has 7 nitrogen and oxygen atoms in total. The van der Waals surface area contributed by atoms with Gasteiger partial charge < -0.3 is 4.74 Å². The number of ether oxygens (including phenoxy) is 1. The Morgan fingerprint density at radius 1 is 1.15 bits per heavy atom. The van der Waals surface area contributed by atoms with Crippen molar-refractivity contribution < 1.29 is 13.2 Å². The smallest absolute Gasteiger partial charge is 0.243 e. The predicted octanol–water partition coefficient (Wildman–Crippen LogP) is 2.19. The summed E-state index contributed by atoms with van der Waals surface area (Å²) in [6.45, 7) is 1.10. The lowest BCUT2D eigenvalue weighted by molar-refractivity contribution is 0.356. The summed E-state index contributed by atoms with van der Waals surface area (Å²) >= 11 is 0. The van der Waals surface area contributed by atoms with Crippen molar-refractivity contribution >= 4 is 15.7 Å².